The Morgan fingerprint density at radius 3 is 2.74 bits per heavy atom. The maximum atomic E-state index is 6.36. The van der Waals surface area contributed by atoms with Gasteiger partial charge in [-0.3, -0.25) is 0 Å². The zero-order valence-electron chi connectivity index (χ0n) is 11.4. The third-order valence-corrected chi connectivity index (χ3v) is 6.66. The molecule has 0 aliphatic carbocycles. The van der Waals surface area contributed by atoms with E-state index in [1.165, 1.54) is 8.97 Å². The van der Waals surface area contributed by atoms with Gasteiger partial charge in [-0.2, -0.15) is 0 Å². The van der Waals surface area contributed by atoms with Crippen LogP contribution < -0.4 is 8.32 Å². The zero-order valence-corrected chi connectivity index (χ0v) is 15.0. The van der Waals surface area contributed by atoms with Gasteiger partial charge in [-0.15, -0.1) is 0 Å². The summed E-state index contributed by atoms with van der Waals surface area (Å²) in [4.78, 5) is 0. The number of ether oxygens (including phenoxy) is 2. The molecule has 0 atom stereocenters. The molecule has 0 saturated carbocycles. The van der Waals surface area contributed by atoms with Gasteiger partial charge in [-0.1, -0.05) is 0 Å². The predicted octanol–water partition coefficient (Wildman–Crippen LogP) is 3.63. The number of hydrogen-bond donors (Lipinski definition) is 0. The number of benzene rings is 2. The Kier molecular flexibility index (Phi) is 5.36. The van der Waals surface area contributed by atoms with E-state index in [-0.39, 0.29) is 6.79 Å². The first-order chi connectivity index (χ1) is 9.11. The van der Waals surface area contributed by atoms with Crippen LogP contribution >= 0.6 is 11.6 Å². The summed E-state index contributed by atoms with van der Waals surface area (Å²) in [7, 11) is 1.63. The van der Waals surface area contributed by atoms with Crippen molar-refractivity contribution in [3.05, 3.63) is 35.4 Å². The van der Waals surface area contributed by atoms with Crippen LogP contribution in [0.2, 0.25) is 8.96 Å². The minimum absolute atomic E-state index is 0.276. The third kappa shape index (κ3) is 3.77. The molecule has 4 heteroatoms. The van der Waals surface area contributed by atoms with Gasteiger partial charge in [0.1, 0.15) is 0 Å². The van der Waals surface area contributed by atoms with Crippen LogP contribution in [0.25, 0.3) is 10.8 Å². The van der Waals surface area contributed by atoms with Crippen LogP contribution in [-0.2, 0) is 4.74 Å². The van der Waals surface area contributed by atoms with Crippen LogP contribution in [0.1, 0.15) is 13.8 Å². The van der Waals surface area contributed by atoms with Crippen LogP contribution in [0.15, 0.2) is 30.3 Å². The summed E-state index contributed by atoms with van der Waals surface area (Å²) in [6, 6.07) is 10.2. The van der Waals surface area contributed by atoms with Crippen molar-refractivity contribution in [2.75, 3.05) is 13.9 Å². The summed E-state index contributed by atoms with van der Waals surface area (Å²) in [5, 5.41) is 3.19. The molecule has 100 valence electrons. The van der Waals surface area contributed by atoms with Crippen molar-refractivity contribution in [3.8, 4) is 5.75 Å². The van der Waals surface area contributed by atoms with Gasteiger partial charge in [0.15, 0.2) is 0 Å². The Hall–Kier alpha value is -0.451. The zero-order chi connectivity index (χ0) is 13.8. The summed E-state index contributed by atoms with van der Waals surface area (Å²) in [5.41, 5.74) is 0. The molecular weight excluding hydrogens is 366 g/mol. The molecule has 0 aromatic heterocycles. The van der Waals surface area contributed by atoms with Gasteiger partial charge in [0.25, 0.3) is 0 Å². The monoisotopic (exact) mass is 384 g/mol. The van der Waals surface area contributed by atoms with Crippen molar-refractivity contribution in [2.45, 2.75) is 17.8 Å². The normalized spacial score (nSPS) is 11.2. The molecule has 0 N–H and O–H groups in total. The molecule has 0 bridgehead atoms. The summed E-state index contributed by atoms with van der Waals surface area (Å²) in [5.74, 6) is 0.869. The molecule has 2 nitrogen and oxygen atoms in total. The molecule has 0 amide bonds. The second-order valence-corrected chi connectivity index (χ2v) is 10.7. The molecular formula is C15H17ClO2Sn. The van der Waals surface area contributed by atoms with Crippen molar-refractivity contribution >= 4 is 47.1 Å². The number of rotatable bonds is 5. The number of methoxy groups -OCH3 is 1. The van der Waals surface area contributed by atoms with Gasteiger partial charge in [-0.25, -0.2) is 0 Å². The van der Waals surface area contributed by atoms with E-state index in [9.17, 15) is 0 Å². The van der Waals surface area contributed by atoms with E-state index in [4.69, 9.17) is 21.1 Å². The summed E-state index contributed by atoms with van der Waals surface area (Å²) in [6.07, 6.45) is 0. The first kappa shape index (κ1) is 14.9. The van der Waals surface area contributed by atoms with E-state index in [1.807, 2.05) is 18.2 Å². The Bertz CT molecular complexity index is 569. The number of hydrogen-bond acceptors (Lipinski definition) is 2. The molecule has 0 aliphatic rings. The number of halogens is 1. The van der Waals surface area contributed by atoms with E-state index in [0.717, 1.165) is 20.1 Å². The van der Waals surface area contributed by atoms with Gasteiger partial charge < -0.3 is 0 Å². The molecule has 0 unspecified atom stereocenters. The van der Waals surface area contributed by atoms with Crippen molar-refractivity contribution in [1.29, 1.82) is 0 Å². The van der Waals surface area contributed by atoms with E-state index in [2.05, 4.69) is 26.0 Å². The molecule has 0 fully saturated rings. The van der Waals surface area contributed by atoms with Gasteiger partial charge in [0.05, 0.1) is 0 Å². The summed E-state index contributed by atoms with van der Waals surface area (Å²) >= 11 is 5.69. The quantitative estimate of drug-likeness (QED) is 0.580. The van der Waals surface area contributed by atoms with Crippen molar-refractivity contribution < 1.29 is 9.47 Å². The fraction of sp³-hybridized carbons (Fsp3) is 0.333. The van der Waals surface area contributed by atoms with Crippen LogP contribution in [0.3, 0.4) is 0 Å². The standard InChI is InChI=1S/C12H10ClO2.C3H7.Sn/c1-14-8-15-10-5-6-11-9(7-10)3-2-4-12(11)13;1-3-2;/h2-5,7H,8H2,1H3;3H,1-2H3;. The van der Waals surface area contributed by atoms with Crippen LogP contribution in [0.4, 0.5) is 0 Å². The van der Waals surface area contributed by atoms with Crippen molar-refractivity contribution in [2.24, 2.45) is 0 Å². The molecule has 2 rings (SSSR count). The average Bonchev–Trinajstić information content (AvgIpc) is 2.35. The molecule has 0 heterocycles. The Labute approximate surface area is 129 Å². The predicted molar refractivity (Wildman–Crippen MR) is 81.9 cm³/mol. The third-order valence-electron chi connectivity index (χ3n) is 2.69. The fourth-order valence-corrected chi connectivity index (χ4v) is 6.13. The molecule has 2 radical (unpaired) electrons. The molecule has 0 aliphatic heterocycles. The summed E-state index contributed by atoms with van der Waals surface area (Å²) < 4.78 is 12.7. The van der Waals surface area contributed by atoms with Crippen LogP contribution in [-0.4, -0.2) is 35.0 Å². The Balaban J connectivity index is 2.52. The maximum absolute atomic E-state index is 6.36. The molecule has 2 aromatic carbocycles. The van der Waals surface area contributed by atoms with Crippen LogP contribution in [0, 0.1) is 0 Å². The first-order valence-electron chi connectivity index (χ1n) is 6.22. The van der Waals surface area contributed by atoms with Crippen molar-refractivity contribution in [3.63, 3.8) is 0 Å². The minimum atomic E-state index is -0.671. The Morgan fingerprint density at radius 2 is 2.05 bits per heavy atom. The molecule has 0 spiro atoms. The van der Waals surface area contributed by atoms with Gasteiger partial charge in [0.2, 0.25) is 0 Å². The van der Waals surface area contributed by atoms with Crippen molar-refractivity contribution in [1.82, 2.24) is 0 Å². The Morgan fingerprint density at radius 1 is 1.26 bits per heavy atom. The number of fused-ring (bicyclic) bond motifs is 1. The summed E-state index contributed by atoms with van der Waals surface area (Å²) in [6.45, 7) is 4.83. The average molecular weight is 383 g/mol. The van der Waals surface area contributed by atoms with E-state index >= 15 is 0 Å². The van der Waals surface area contributed by atoms with E-state index < -0.39 is 21.1 Å². The second kappa shape index (κ2) is 6.82. The molecule has 2 aromatic rings. The fourth-order valence-electron chi connectivity index (χ4n) is 1.99. The SMILES string of the molecule is COCOc1c[c]([Sn][CH](C)C)c2c(Cl)cccc2c1. The van der Waals surface area contributed by atoms with E-state index in [0.29, 0.717) is 0 Å². The van der Waals surface area contributed by atoms with Gasteiger partial charge in [-0.05, 0) is 0 Å². The molecule has 0 saturated heterocycles. The van der Waals surface area contributed by atoms with Gasteiger partial charge in [0, 0.05) is 0 Å². The van der Waals surface area contributed by atoms with Gasteiger partial charge >= 0.3 is 129 Å². The topological polar surface area (TPSA) is 18.5 Å². The second-order valence-electron chi connectivity index (χ2n) is 4.66. The van der Waals surface area contributed by atoms with E-state index in [1.54, 1.807) is 7.11 Å². The molecule has 19 heavy (non-hydrogen) atoms. The first-order valence-corrected chi connectivity index (χ1v) is 9.67. The van der Waals surface area contributed by atoms with Crippen LogP contribution in [0.5, 0.6) is 5.75 Å².